The molecular weight excluding hydrogens is 440 g/mol. The Kier molecular flexibility index (Phi) is 10.9. The molecule has 0 bridgehead atoms. The second kappa shape index (κ2) is 14.1. The Balaban J connectivity index is 1.73. The zero-order chi connectivity index (χ0) is 24.8. The first-order valence-electron chi connectivity index (χ1n) is 11.1. The number of nitrogens with one attached hydrogen (secondary N) is 4. The summed E-state index contributed by atoms with van der Waals surface area (Å²) in [7, 11) is 0. The van der Waals surface area contributed by atoms with E-state index in [9.17, 15) is 19.2 Å². The minimum Gasteiger partial charge on any atom is -0.494 e. The maximum Gasteiger partial charge on any atom is 0.329 e. The first-order chi connectivity index (χ1) is 16.4. The lowest BCUT2D eigenvalue weighted by molar-refractivity contribution is -0.140. The molecule has 4 amide bonds. The molecule has 0 heterocycles. The van der Waals surface area contributed by atoms with E-state index in [1.165, 1.54) is 24.3 Å². The topological polar surface area (TPSA) is 135 Å². The standard InChI is InChI=1S/C24H30N4O6/c1-3-5-15-33-19-11-7-17(8-12-19)21(29)25-27-23(31)24(32)28-26-22(30)18-9-13-20(14-10-18)34-16-6-4-2/h7-14H,3-6,15-16H2,1-2H3,(H,25,29)(H,26,30)(H,27,31)(H,28,32). The van der Waals surface area contributed by atoms with Gasteiger partial charge in [-0.05, 0) is 61.4 Å². The fourth-order valence-corrected chi connectivity index (χ4v) is 2.56. The van der Waals surface area contributed by atoms with Gasteiger partial charge in [-0.1, -0.05) is 26.7 Å². The van der Waals surface area contributed by atoms with E-state index in [1.807, 2.05) is 10.9 Å². The molecule has 0 atom stereocenters. The number of hydrogen-bond donors (Lipinski definition) is 4. The number of unbranched alkanes of at least 4 members (excludes halogenated alkanes) is 2. The van der Waals surface area contributed by atoms with E-state index in [-0.39, 0.29) is 11.1 Å². The molecule has 0 fully saturated rings. The smallest absolute Gasteiger partial charge is 0.329 e. The van der Waals surface area contributed by atoms with Crippen LogP contribution in [0.15, 0.2) is 48.5 Å². The molecule has 0 saturated heterocycles. The first kappa shape index (κ1) is 26.2. The summed E-state index contributed by atoms with van der Waals surface area (Å²) in [6.45, 7) is 5.29. The summed E-state index contributed by atoms with van der Waals surface area (Å²) in [5.74, 6) is -2.30. The highest BCUT2D eigenvalue weighted by Crippen LogP contribution is 2.13. The van der Waals surface area contributed by atoms with Gasteiger partial charge in [-0.2, -0.15) is 0 Å². The minimum atomic E-state index is -1.16. The molecule has 2 rings (SSSR count). The second-order valence-electron chi connectivity index (χ2n) is 7.27. The molecule has 2 aromatic rings. The summed E-state index contributed by atoms with van der Waals surface area (Å²) >= 11 is 0. The summed E-state index contributed by atoms with van der Waals surface area (Å²) in [4.78, 5) is 48.0. The molecule has 0 spiro atoms. The van der Waals surface area contributed by atoms with Crippen LogP contribution in [0.4, 0.5) is 0 Å². The number of amides is 4. The molecule has 182 valence electrons. The number of benzene rings is 2. The van der Waals surface area contributed by atoms with Gasteiger partial charge in [0.05, 0.1) is 13.2 Å². The van der Waals surface area contributed by atoms with Gasteiger partial charge in [-0.15, -0.1) is 0 Å². The summed E-state index contributed by atoms with van der Waals surface area (Å²) in [5.41, 5.74) is 8.75. The van der Waals surface area contributed by atoms with Gasteiger partial charge < -0.3 is 9.47 Å². The van der Waals surface area contributed by atoms with Gasteiger partial charge in [0, 0.05) is 11.1 Å². The largest absolute Gasteiger partial charge is 0.494 e. The van der Waals surface area contributed by atoms with Crippen LogP contribution < -0.4 is 31.2 Å². The van der Waals surface area contributed by atoms with Gasteiger partial charge in [0.15, 0.2) is 0 Å². The van der Waals surface area contributed by atoms with E-state index < -0.39 is 23.6 Å². The van der Waals surface area contributed by atoms with Crippen molar-refractivity contribution >= 4 is 23.6 Å². The molecule has 10 heteroatoms. The highest BCUT2D eigenvalue weighted by atomic mass is 16.5. The highest BCUT2D eigenvalue weighted by molar-refractivity contribution is 6.35. The molecule has 0 aliphatic carbocycles. The fraction of sp³-hybridized carbons (Fsp3) is 0.333. The summed E-state index contributed by atoms with van der Waals surface area (Å²) in [6, 6.07) is 12.7. The summed E-state index contributed by atoms with van der Waals surface area (Å²) in [5, 5.41) is 0. The third-order valence-electron chi connectivity index (χ3n) is 4.55. The van der Waals surface area contributed by atoms with Crippen molar-refractivity contribution in [3.05, 3.63) is 59.7 Å². The maximum atomic E-state index is 12.1. The normalized spacial score (nSPS) is 10.1. The SMILES string of the molecule is CCCCOc1ccc(C(=O)NNC(=O)C(=O)NNC(=O)c2ccc(OCCCC)cc2)cc1. The summed E-state index contributed by atoms with van der Waals surface area (Å²) < 4.78 is 11.0. The second-order valence-corrected chi connectivity index (χ2v) is 7.27. The van der Waals surface area contributed by atoms with Gasteiger partial charge in [0.2, 0.25) is 0 Å². The molecule has 34 heavy (non-hydrogen) atoms. The van der Waals surface area contributed by atoms with Crippen molar-refractivity contribution in [1.82, 2.24) is 21.7 Å². The van der Waals surface area contributed by atoms with E-state index in [0.717, 1.165) is 25.7 Å². The maximum absolute atomic E-state index is 12.1. The Morgan fingerprint density at radius 1 is 0.588 bits per heavy atom. The molecule has 10 nitrogen and oxygen atoms in total. The minimum absolute atomic E-state index is 0.263. The van der Waals surface area contributed by atoms with Gasteiger partial charge in [-0.3, -0.25) is 40.9 Å². The Morgan fingerprint density at radius 3 is 1.26 bits per heavy atom. The Morgan fingerprint density at radius 2 is 0.941 bits per heavy atom. The Hall–Kier alpha value is -4.08. The van der Waals surface area contributed by atoms with Gasteiger partial charge in [0.1, 0.15) is 11.5 Å². The number of ether oxygens (including phenoxy) is 2. The van der Waals surface area contributed by atoms with Crippen molar-refractivity contribution in [3.63, 3.8) is 0 Å². The van der Waals surface area contributed by atoms with Gasteiger partial charge in [-0.25, -0.2) is 0 Å². The van der Waals surface area contributed by atoms with Crippen LogP contribution in [0.2, 0.25) is 0 Å². The van der Waals surface area contributed by atoms with E-state index in [0.29, 0.717) is 24.7 Å². The van der Waals surface area contributed by atoms with Crippen molar-refractivity contribution in [2.24, 2.45) is 0 Å². The first-order valence-corrected chi connectivity index (χ1v) is 11.1. The number of hydrazine groups is 2. The predicted octanol–water partition coefficient (Wildman–Crippen LogP) is 2.27. The van der Waals surface area contributed by atoms with Crippen LogP contribution >= 0.6 is 0 Å². The molecule has 0 aliphatic heterocycles. The lowest BCUT2D eigenvalue weighted by Gasteiger charge is -2.10. The van der Waals surface area contributed by atoms with Crippen LogP contribution in [-0.4, -0.2) is 36.8 Å². The summed E-state index contributed by atoms with van der Waals surface area (Å²) in [6.07, 6.45) is 3.88. The molecule has 4 N–H and O–H groups in total. The lowest BCUT2D eigenvalue weighted by atomic mass is 10.2. The quantitative estimate of drug-likeness (QED) is 0.239. The average Bonchev–Trinajstić information content (AvgIpc) is 2.86. The number of rotatable bonds is 10. The van der Waals surface area contributed by atoms with Crippen LogP contribution in [0.1, 0.15) is 60.2 Å². The highest BCUT2D eigenvalue weighted by Gasteiger charge is 2.16. The lowest BCUT2D eigenvalue weighted by Crippen LogP contribution is -2.52. The van der Waals surface area contributed by atoms with E-state index in [4.69, 9.17) is 9.47 Å². The van der Waals surface area contributed by atoms with E-state index in [1.54, 1.807) is 24.3 Å². The van der Waals surface area contributed by atoms with Crippen LogP contribution in [0.3, 0.4) is 0 Å². The van der Waals surface area contributed by atoms with Crippen LogP contribution in [-0.2, 0) is 9.59 Å². The third kappa shape index (κ3) is 8.81. The molecule has 2 aromatic carbocycles. The number of carbonyl (C=O) groups is 4. The zero-order valence-corrected chi connectivity index (χ0v) is 19.3. The van der Waals surface area contributed by atoms with E-state index >= 15 is 0 Å². The average molecular weight is 471 g/mol. The number of carbonyl (C=O) groups excluding carboxylic acids is 4. The van der Waals surface area contributed by atoms with Crippen LogP contribution in [0, 0.1) is 0 Å². The van der Waals surface area contributed by atoms with Gasteiger partial charge in [0.25, 0.3) is 11.8 Å². The van der Waals surface area contributed by atoms with Crippen molar-refractivity contribution in [2.75, 3.05) is 13.2 Å². The van der Waals surface area contributed by atoms with Crippen molar-refractivity contribution in [1.29, 1.82) is 0 Å². The van der Waals surface area contributed by atoms with Crippen molar-refractivity contribution in [3.8, 4) is 11.5 Å². The van der Waals surface area contributed by atoms with Gasteiger partial charge >= 0.3 is 11.8 Å². The van der Waals surface area contributed by atoms with Crippen molar-refractivity contribution < 1.29 is 28.7 Å². The third-order valence-corrected chi connectivity index (χ3v) is 4.55. The van der Waals surface area contributed by atoms with Crippen molar-refractivity contribution in [2.45, 2.75) is 39.5 Å². The van der Waals surface area contributed by atoms with Crippen LogP contribution in [0.5, 0.6) is 11.5 Å². The zero-order valence-electron chi connectivity index (χ0n) is 19.3. The fourth-order valence-electron chi connectivity index (χ4n) is 2.56. The molecule has 0 unspecified atom stereocenters. The molecule has 0 aromatic heterocycles. The van der Waals surface area contributed by atoms with Crippen LogP contribution in [0.25, 0.3) is 0 Å². The molecule has 0 aliphatic rings. The van der Waals surface area contributed by atoms with E-state index in [2.05, 4.69) is 24.7 Å². The monoisotopic (exact) mass is 470 g/mol. The Bertz CT molecular complexity index is 881. The Labute approximate surface area is 198 Å². The predicted molar refractivity (Wildman–Crippen MR) is 125 cm³/mol. The molecular formula is C24H30N4O6. The number of hydrogen-bond acceptors (Lipinski definition) is 6. The molecule has 0 saturated carbocycles. The molecule has 0 radical (unpaired) electrons.